The quantitative estimate of drug-likeness (QED) is 0.612. The largest absolute Gasteiger partial charge is 0.519 e. The summed E-state index contributed by atoms with van der Waals surface area (Å²) in [5, 5.41) is 0. The second-order valence-corrected chi connectivity index (χ2v) is 8.43. The minimum Gasteiger partial charge on any atom is -0.460 e. The van der Waals surface area contributed by atoms with E-state index >= 15 is 0 Å². The lowest BCUT2D eigenvalue weighted by Crippen LogP contribution is -2.36. The highest BCUT2D eigenvalue weighted by Crippen LogP contribution is 2.27. The average molecular weight is 470 g/mol. The number of hydrogen-bond acceptors (Lipinski definition) is 8. The van der Waals surface area contributed by atoms with E-state index in [0.717, 1.165) is 4.47 Å². The first-order chi connectivity index (χ1) is 13.5. The summed E-state index contributed by atoms with van der Waals surface area (Å²) < 4.78 is 20.9. The van der Waals surface area contributed by atoms with Crippen LogP contribution in [0.4, 0.5) is 0 Å². The third kappa shape index (κ3) is 6.86. The van der Waals surface area contributed by atoms with Crippen molar-refractivity contribution < 1.29 is 27.9 Å². The van der Waals surface area contributed by atoms with E-state index in [9.17, 15) is 14.4 Å². The summed E-state index contributed by atoms with van der Waals surface area (Å²) >= 11 is 3.35. The van der Waals surface area contributed by atoms with Gasteiger partial charge >= 0.3 is 17.8 Å². The molecular formula is C20H24BrNO7. The first-order valence-electron chi connectivity index (χ1n) is 8.95. The Hall–Kier alpha value is -2.39. The molecular weight excluding hydrogens is 446 g/mol. The zero-order chi connectivity index (χ0) is 21.8. The summed E-state index contributed by atoms with van der Waals surface area (Å²) in [6, 6.07) is 6.34. The molecule has 2 atom stereocenters. The van der Waals surface area contributed by atoms with Crippen LogP contribution in [-0.4, -0.2) is 17.5 Å². The van der Waals surface area contributed by atoms with Gasteiger partial charge in [-0.2, -0.15) is 0 Å². The van der Waals surface area contributed by atoms with Crippen LogP contribution in [0.3, 0.4) is 0 Å². The van der Waals surface area contributed by atoms with Gasteiger partial charge in [0.05, 0.1) is 12.3 Å². The molecule has 2 rings (SSSR count). The first kappa shape index (κ1) is 22.9. The Morgan fingerprint density at radius 2 is 1.79 bits per heavy atom. The fourth-order valence-corrected chi connectivity index (χ4v) is 2.81. The summed E-state index contributed by atoms with van der Waals surface area (Å²) in [5.41, 5.74) is 6.23. The number of esters is 2. The minimum absolute atomic E-state index is 0.106. The summed E-state index contributed by atoms with van der Waals surface area (Å²) in [4.78, 5) is 36.1. The molecule has 1 aromatic carbocycles. The van der Waals surface area contributed by atoms with Crippen molar-refractivity contribution in [2.45, 2.75) is 52.4 Å². The zero-order valence-corrected chi connectivity index (χ0v) is 18.3. The van der Waals surface area contributed by atoms with Gasteiger partial charge in [-0.3, -0.25) is 9.59 Å². The molecule has 9 heteroatoms. The molecule has 2 N–H and O–H groups in total. The Balaban J connectivity index is 2.14. The van der Waals surface area contributed by atoms with E-state index in [1.54, 1.807) is 45.0 Å². The fraction of sp³-hybridized carbons (Fsp3) is 0.450. The van der Waals surface area contributed by atoms with Gasteiger partial charge in [0.2, 0.25) is 0 Å². The van der Waals surface area contributed by atoms with E-state index in [1.807, 2.05) is 0 Å². The highest BCUT2D eigenvalue weighted by molar-refractivity contribution is 9.10. The molecule has 0 spiro atoms. The van der Waals surface area contributed by atoms with E-state index in [2.05, 4.69) is 15.9 Å². The van der Waals surface area contributed by atoms with E-state index in [4.69, 9.17) is 24.0 Å². The van der Waals surface area contributed by atoms with Crippen LogP contribution in [0.2, 0.25) is 0 Å². The van der Waals surface area contributed by atoms with Gasteiger partial charge in [-0.15, -0.1) is 0 Å². The maximum absolute atomic E-state index is 12.7. The minimum atomic E-state index is -0.958. The number of carbonyl (C=O) groups excluding carboxylic acids is 2. The molecule has 0 aliphatic rings. The molecule has 0 saturated carbocycles. The highest BCUT2D eigenvalue weighted by Gasteiger charge is 2.33. The lowest BCUT2D eigenvalue weighted by Gasteiger charge is -2.27. The normalized spacial score (nSPS) is 13.6. The maximum Gasteiger partial charge on any atom is 0.519 e. The van der Waals surface area contributed by atoms with E-state index in [1.165, 1.54) is 6.92 Å². The number of carbonyl (C=O) groups is 2. The number of hydrogen-bond donors (Lipinski definition) is 1. The number of ether oxygens (including phenoxy) is 2. The Kier molecular flexibility index (Phi) is 7.43. The monoisotopic (exact) mass is 469 g/mol. The molecule has 1 heterocycles. The molecule has 0 saturated heterocycles. The van der Waals surface area contributed by atoms with E-state index < -0.39 is 35.3 Å². The van der Waals surface area contributed by atoms with Gasteiger partial charge in [-0.05, 0) is 45.4 Å². The summed E-state index contributed by atoms with van der Waals surface area (Å²) in [5.74, 6) is -2.79. The lowest BCUT2D eigenvalue weighted by atomic mass is 9.91. The average Bonchev–Trinajstić information content (AvgIpc) is 2.93. The lowest BCUT2D eigenvalue weighted by molar-refractivity contribution is -0.165. The van der Waals surface area contributed by atoms with Crippen molar-refractivity contribution in [2.75, 3.05) is 0 Å². The van der Waals surface area contributed by atoms with Gasteiger partial charge < -0.3 is 24.0 Å². The molecule has 2 unspecified atom stereocenters. The van der Waals surface area contributed by atoms with E-state index in [0.29, 0.717) is 5.56 Å². The van der Waals surface area contributed by atoms with Crippen LogP contribution in [0, 0.1) is 12.8 Å². The fourth-order valence-electron chi connectivity index (χ4n) is 2.54. The molecule has 8 nitrogen and oxygen atoms in total. The smallest absolute Gasteiger partial charge is 0.460 e. The maximum atomic E-state index is 12.7. The van der Waals surface area contributed by atoms with Crippen molar-refractivity contribution in [1.29, 1.82) is 0 Å². The molecule has 0 amide bonds. The predicted octanol–water partition coefficient (Wildman–Crippen LogP) is 3.39. The molecule has 0 fully saturated rings. The number of benzene rings is 1. The second kappa shape index (κ2) is 9.41. The first-order valence-corrected chi connectivity index (χ1v) is 9.74. The standard InChI is InChI=1S/C20H24BrNO7/c1-11-15(28-19(25)27-11)10-26-16(23)9-14(18(24)29-20(2,3)4)17(22)12-5-7-13(21)8-6-12/h5-8,14,17H,9-10,22H2,1-4H3. The molecule has 0 aliphatic heterocycles. The van der Waals surface area contributed by atoms with E-state index in [-0.39, 0.29) is 24.5 Å². The van der Waals surface area contributed by atoms with Gasteiger partial charge in [0, 0.05) is 10.5 Å². The molecule has 0 radical (unpaired) electrons. The molecule has 0 bridgehead atoms. The van der Waals surface area contributed by atoms with Gasteiger partial charge in [-0.1, -0.05) is 28.1 Å². The van der Waals surface area contributed by atoms with Crippen LogP contribution in [0.25, 0.3) is 0 Å². The van der Waals surface area contributed by atoms with Crippen LogP contribution >= 0.6 is 15.9 Å². The summed E-state index contributed by atoms with van der Waals surface area (Å²) in [7, 11) is 0. The Bertz CT molecular complexity index is 908. The van der Waals surface area contributed by atoms with Gasteiger partial charge in [0.25, 0.3) is 0 Å². The summed E-state index contributed by atoms with van der Waals surface area (Å²) in [6.07, 6.45) is -0.298. The van der Waals surface area contributed by atoms with Gasteiger partial charge in [0.1, 0.15) is 5.60 Å². The van der Waals surface area contributed by atoms with Gasteiger partial charge in [-0.25, -0.2) is 4.79 Å². The third-order valence-corrected chi connectivity index (χ3v) is 4.51. The van der Waals surface area contributed by atoms with Gasteiger partial charge in [0.15, 0.2) is 18.1 Å². The van der Waals surface area contributed by atoms with Crippen molar-refractivity contribution in [3.63, 3.8) is 0 Å². The second-order valence-electron chi connectivity index (χ2n) is 7.52. The molecule has 0 aliphatic carbocycles. The van der Waals surface area contributed by atoms with Crippen LogP contribution in [0.15, 0.2) is 42.4 Å². The number of nitrogens with two attached hydrogens (primary N) is 1. The van der Waals surface area contributed by atoms with Crippen LogP contribution in [0.5, 0.6) is 0 Å². The Morgan fingerprint density at radius 1 is 1.17 bits per heavy atom. The number of aryl methyl sites for hydroxylation is 1. The number of rotatable bonds is 7. The number of halogens is 1. The van der Waals surface area contributed by atoms with Crippen LogP contribution in [-0.2, 0) is 25.7 Å². The van der Waals surface area contributed by atoms with Crippen LogP contribution < -0.4 is 11.6 Å². The zero-order valence-electron chi connectivity index (χ0n) is 16.7. The Morgan fingerprint density at radius 3 is 2.31 bits per heavy atom. The Labute approximate surface area is 176 Å². The van der Waals surface area contributed by atoms with Crippen molar-refractivity contribution in [3.05, 3.63) is 56.4 Å². The van der Waals surface area contributed by atoms with Crippen molar-refractivity contribution >= 4 is 27.9 Å². The third-order valence-electron chi connectivity index (χ3n) is 3.98. The van der Waals surface area contributed by atoms with Crippen molar-refractivity contribution in [3.8, 4) is 0 Å². The highest BCUT2D eigenvalue weighted by atomic mass is 79.9. The SMILES string of the molecule is Cc1oc(=O)oc1COC(=O)CC(C(=O)OC(C)(C)C)C(N)c1ccc(Br)cc1. The molecule has 2 aromatic rings. The molecule has 1 aromatic heterocycles. The predicted molar refractivity (Wildman–Crippen MR) is 107 cm³/mol. The van der Waals surface area contributed by atoms with Crippen molar-refractivity contribution in [1.82, 2.24) is 0 Å². The molecule has 158 valence electrons. The van der Waals surface area contributed by atoms with Crippen LogP contribution in [0.1, 0.15) is 50.3 Å². The molecule has 29 heavy (non-hydrogen) atoms. The summed E-state index contributed by atoms with van der Waals surface area (Å²) in [6.45, 7) is 6.42. The topological polar surface area (TPSA) is 122 Å². The van der Waals surface area contributed by atoms with Crippen molar-refractivity contribution in [2.24, 2.45) is 11.7 Å².